The van der Waals surface area contributed by atoms with E-state index in [4.69, 9.17) is 0 Å². The summed E-state index contributed by atoms with van der Waals surface area (Å²) in [5.74, 6) is 0. The zero-order chi connectivity index (χ0) is 13.9. The van der Waals surface area contributed by atoms with Gasteiger partial charge in [-0.1, -0.05) is 27.7 Å². The van der Waals surface area contributed by atoms with Gasteiger partial charge < -0.3 is 5.32 Å². The van der Waals surface area contributed by atoms with Crippen LogP contribution in [0.25, 0.3) is 0 Å². The molecule has 0 saturated carbocycles. The highest BCUT2D eigenvalue weighted by molar-refractivity contribution is 5.22. The molecule has 1 aromatic rings. The van der Waals surface area contributed by atoms with Gasteiger partial charge in [-0.15, -0.1) is 0 Å². The second-order valence-corrected chi connectivity index (χ2v) is 6.35. The molecule has 0 aliphatic carbocycles. The maximum atomic E-state index is 4.65. The molecule has 1 rings (SSSR count). The lowest BCUT2D eigenvalue weighted by Gasteiger charge is -2.32. The second kappa shape index (κ2) is 5.87. The Morgan fingerprint density at radius 2 is 1.83 bits per heavy atom. The quantitative estimate of drug-likeness (QED) is 0.871. The first-order valence-electron chi connectivity index (χ1n) is 7.01. The summed E-state index contributed by atoms with van der Waals surface area (Å²) in [6.07, 6.45) is 1.17. The summed E-state index contributed by atoms with van der Waals surface area (Å²) in [4.78, 5) is 0. The molecule has 0 radical (unpaired) electrons. The van der Waals surface area contributed by atoms with E-state index in [9.17, 15) is 0 Å². The number of rotatable bonds is 5. The van der Waals surface area contributed by atoms with E-state index < -0.39 is 0 Å². The van der Waals surface area contributed by atoms with Crippen molar-refractivity contribution in [3.05, 3.63) is 17.0 Å². The molecule has 1 N–H and O–H groups in total. The second-order valence-electron chi connectivity index (χ2n) is 6.35. The molecule has 1 atom stereocenters. The van der Waals surface area contributed by atoms with Crippen LogP contribution in [0.4, 0.5) is 0 Å². The third-order valence-corrected chi connectivity index (χ3v) is 3.78. The molecule has 0 aliphatic heterocycles. The monoisotopic (exact) mass is 251 g/mol. The van der Waals surface area contributed by atoms with E-state index in [0.717, 1.165) is 18.8 Å². The largest absolute Gasteiger partial charge is 0.312 e. The number of hydrogen-bond donors (Lipinski definition) is 1. The van der Waals surface area contributed by atoms with Crippen LogP contribution in [0.5, 0.6) is 0 Å². The minimum absolute atomic E-state index is 0.245. The van der Waals surface area contributed by atoms with Crippen LogP contribution in [-0.2, 0) is 6.54 Å². The molecule has 1 heterocycles. The summed E-state index contributed by atoms with van der Waals surface area (Å²) in [6.45, 7) is 17.5. The standard InChI is InChI=1S/C15H29N3/c1-8-9-16-14(15(5,6)7)10-18-13(4)11(2)12(3)17-18/h14,16H,8-10H2,1-7H3. The number of aryl methyl sites for hydroxylation is 1. The van der Waals surface area contributed by atoms with Gasteiger partial charge in [-0.05, 0) is 44.7 Å². The van der Waals surface area contributed by atoms with Gasteiger partial charge in [0.1, 0.15) is 0 Å². The third-order valence-electron chi connectivity index (χ3n) is 3.78. The van der Waals surface area contributed by atoms with Crippen molar-refractivity contribution in [3.8, 4) is 0 Å². The fraction of sp³-hybridized carbons (Fsp3) is 0.800. The van der Waals surface area contributed by atoms with Crippen molar-refractivity contribution < 1.29 is 0 Å². The van der Waals surface area contributed by atoms with Crippen LogP contribution >= 0.6 is 0 Å². The number of nitrogens with one attached hydrogen (secondary N) is 1. The summed E-state index contributed by atoms with van der Waals surface area (Å²) in [5, 5.41) is 8.30. The molecule has 0 saturated heterocycles. The van der Waals surface area contributed by atoms with E-state index in [0.29, 0.717) is 6.04 Å². The van der Waals surface area contributed by atoms with Crippen LogP contribution in [0.1, 0.15) is 51.1 Å². The van der Waals surface area contributed by atoms with Crippen LogP contribution in [0.2, 0.25) is 0 Å². The van der Waals surface area contributed by atoms with Gasteiger partial charge in [0.25, 0.3) is 0 Å². The van der Waals surface area contributed by atoms with Gasteiger partial charge in [-0.3, -0.25) is 4.68 Å². The normalized spacial score (nSPS) is 13.9. The van der Waals surface area contributed by atoms with E-state index in [2.05, 4.69) is 63.6 Å². The Labute approximate surface area is 112 Å². The average molecular weight is 251 g/mol. The van der Waals surface area contributed by atoms with E-state index in [-0.39, 0.29) is 5.41 Å². The Balaban J connectivity index is 2.86. The molecule has 1 aromatic heterocycles. The molecule has 104 valence electrons. The zero-order valence-corrected chi connectivity index (χ0v) is 13.1. The van der Waals surface area contributed by atoms with E-state index in [1.807, 2.05) is 0 Å². The van der Waals surface area contributed by atoms with Crippen LogP contribution in [-0.4, -0.2) is 22.4 Å². The van der Waals surface area contributed by atoms with Gasteiger partial charge in [0.15, 0.2) is 0 Å². The van der Waals surface area contributed by atoms with Crippen molar-refractivity contribution in [3.63, 3.8) is 0 Å². The van der Waals surface area contributed by atoms with Crippen molar-refractivity contribution in [2.45, 2.75) is 67.5 Å². The molecule has 0 spiro atoms. The Bertz CT molecular complexity index is 385. The summed E-state index contributed by atoms with van der Waals surface area (Å²) in [7, 11) is 0. The summed E-state index contributed by atoms with van der Waals surface area (Å²) >= 11 is 0. The maximum absolute atomic E-state index is 4.65. The van der Waals surface area contributed by atoms with Crippen molar-refractivity contribution in [1.29, 1.82) is 0 Å². The summed E-state index contributed by atoms with van der Waals surface area (Å²) < 4.78 is 2.16. The predicted octanol–water partition coefficient (Wildman–Crippen LogP) is 3.22. The van der Waals surface area contributed by atoms with E-state index in [1.165, 1.54) is 17.7 Å². The van der Waals surface area contributed by atoms with Crippen LogP contribution in [0, 0.1) is 26.2 Å². The minimum Gasteiger partial charge on any atom is -0.312 e. The SMILES string of the molecule is CCCNC(Cn1nc(C)c(C)c1C)C(C)(C)C. The Morgan fingerprint density at radius 1 is 1.22 bits per heavy atom. The highest BCUT2D eigenvalue weighted by Crippen LogP contribution is 2.22. The molecule has 0 aromatic carbocycles. The number of aromatic nitrogens is 2. The molecule has 0 amide bonds. The van der Waals surface area contributed by atoms with Gasteiger partial charge in [-0.25, -0.2) is 0 Å². The molecule has 18 heavy (non-hydrogen) atoms. The first-order valence-corrected chi connectivity index (χ1v) is 7.01. The lowest BCUT2D eigenvalue weighted by Crippen LogP contribution is -2.44. The van der Waals surface area contributed by atoms with Crippen molar-refractivity contribution in [2.24, 2.45) is 5.41 Å². The van der Waals surface area contributed by atoms with Gasteiger partial charge in [0.05, 0.1) is 12.2 Å². The molecule has 1 unspecified atom stereocenters. The first kappa shape index (κ1) is 15.2. The number of hydrogen-bond acceptors (Lipinski definition) is 2. The topological polar surface area (TPSA) is 29.9 Å². The van der Waals surface area contributed by atoms with E-state index >= 15 is 0 Å². The van der Waals surface area contributed by atoms with Gasteiger partial charge in [0, 0.05) is 11.7 Å². The molecule has 3 nitrogen and oxygen atoms in total. The van der Waals surface area contributed by atoms with Crippen LogP contribution in [0.3, 0.4) is 0 Å². The lowest BCUT2D eigenvalue weighted by atomic mass is 9.86. The van der Waals surface area contributed by atoms with Gasteiger partial charge in [0.2, 0.25) is 0 Å². The highest BCUT2D eigenvalue weighted by Gasteiger charge is 2.25. The molecule has 0 bridgehead atoms. The fourth-order valence-electron chi connectivity index (χ4n) is 2.10. The minimum atomic E-state index is 0.245. The highest BCUT2D eigenvalue weighted by atomic mass is 15.3. The smallest absolute Gasteiger partial charge is 0.0625 e. The Morgan fingerprint density at radius 3 is 2.22 bits per heavy atom. The Hall–Kier alpha value is -0.830. The number of nitrogens with zero attached hydrogens (tertiary/aromatic N) is 2. The van der Waals surface area contributed by atoms with Crippen molar-refractivity contribution in [2.75, 3.05) is 6.54 Å². The van der Waals surface area contributed by atoms with Crippen LogP contribution < -0.4 is 5.32 Å². The van der Waals surface area contributed by atoms with Crippen molar-refractivity contribution in [1.82, 2.24) is 15.1 Å². The molecular weight excluding hydrogens is 222 g/mol. The molecule has 0 fully saturated rings. The molecule has 0 aliphatic rings. The van der Waals surface area contributed by atoms with Crippen LogP contribution in [0.15, 0.2) is 0 Å². The predicted molar refractivity (Wildman–Crippen MR) is 78.0 cm³/mol. The summed E-state index contributed by atoms with van der Waals surface area (Å²) in [6, 6.07) is 0.454. The fourth-order valence-corrected chi connectivity index (χ4v) is 2.10. The van der Waals surface area contributed by atoms with Gasteiger partial charge in [-0.2, -0.15) is 5.10 Å². The molecule has 3 heteroatoms. The van der Waals surface area contributed by atoms with E-state index in [1.54, 1.807) is 0 Å². The third kappa shape index (κ3) is 3.58. The van der Waals surface area contributed by atoms with Crippen molar-refractivity contribution >= 4 is 0 Å². The van der Waals surface area contributed by atoms with Gasteiger partial charge >= 0.3 is 0 Å². The summed E-state index contributed by atoms with van der Waals surface area (Å²) in [5.41, 5.74) is 4.00. The lowest BCUT2D eigenvalue weighted by molar-refractivity contribution is 0.234. The average Bonchev–Trinajstić information content (AvgIpc) is 2.50. The maximum Gasteiger partial charge on any atom is 0.0625 e. The zero-order valence-electron chi connectivity index (χ0n) is 13.1. The Kier molecular flexibility index (Phi) is 4.97. The molecular formula is C15H29N3. The first-order chi connectivity index (χ1) is 8.27.